The van der Waals surface area contributed by atoms with Crippen LogP contribution >= 0.6 is 0 Å². The molecule has 0 aliphatic heterocycles. The van der Waals surface area contributed by atoms with Gasteiger partial charge in [0.1, 0.15) is 5.76 Å². The molecule has 0 aliphatic rings. The standard InChI is InChI=1S/C11H19NO4S/c1-8(2)5-11(16-17(4,13)14)7-10-6-9(3)12-15-10/h6,8,11H,5,7H2,1-4H3. The Morgan fingerprint density at radius 3 is 2.53 bits per heavy atom. The van der Waals surface area contributed by atoms with Crippen molar-refractivity contribution >= 4 is 10.1 Å². The third-order valence-electron chi connectivity index (χ3n) is 2.15. The number of aryl methyl sites for hydroxylation is 1. The lowest BCUT2D eigenvalue weighted by molar-refractivity contribution is 0.173. The minimum atomic E-state index is -3.44. The van der Waals surface area contributed by atoms with E-state index in [-0.39, 0.29) is 0 Å². The van der Waals surface area contributed by atoms with Gasteiger partial charge in [0.25, 0.3) is 10.1 Å². The van der Waals surface area contributed by atoms with Crippen LogP contribution in [0.15, 0.2) is 10.6 Å². The molecule has 1 aromatic heterocycles. The van der Waals surface area contributed by atoms with Gasteiger partial charge in [-0.3, -0.25) is 4.18 Å². The normalized spacial score (nSPS) is 14.2. The van der Waals surface area contributed by atoms with E-state index in [0.29, 0.717) is 24.5 Å². The average Bonchev–Trinajstić information content (AvgIpc) is 2.46. The first-order valence-electron chi connectivity index (χ1n) is 5.56. The van der Waals surface area contributed by atoms with Gasteiger partial charge in [0.2, 0.25) is 0 Å². The van der Waals surface area contributed by atoms with Crippen molar-refractivity contribution in [2.45, 2.75) is 39.7 Å². The molecule has 5 nitrogen and oxygen atoms in total. The Kier molecular flexibility index (Phi) is 4.70. The maximum absolute atomic E-state index is 11.2. The van der Waals surface area contributed by atoms with Crippen molar-refractivity contribution < 1.29 is 17.1 Å². The zero-order valence-corrected chi connectivity index (χ0v) is 11.5. The van der Waals surface area contributed by atoms with E-state index in [4.69, 9.17) is 8.71 Å². The van der Waals surface area contributed by atoms with E-state index in [1.165, 1.54) is 0 Å². The molecule has 0 aliphatic carbocycles. The van der Waals surface area contributed by atoms with E-state index in [2.05, 4.69) is 5.16 Å². The van der Waals surface area contributed by atoms with Gasteiger partial charge in [0.15, 0.2) is 0 Å². The van der Waals surface area contributed by atoms with E-state index in [0.717, 1.165) is 11.9 Å². The Labute approximate surface area is 102 Å². The fraction of sp³-hybridized carbons (Fsp3) is 0.727. The lowest BCUT2D eigenvalue weighted by Crippen LogP contribution is -2.21. The molecule has 0 spiro atoms. The molecule has 0 saturated heterocycles. The van der Waals surface area contributed by atoms with Crippen LogP contribution in [0, 0.1) is 12.8 Å². The molecule has 0 aromatic carbocycles. The number of hydrogen-bond acceptors (Lipinski definition) is 5. The summed E-state index contributed by atoms with van der Waals surface area (Å²) >= 11 is 0. The van der Waals surface area contributed by atoms with E-state index in [1.54, 1.807) is 6.07 Å². The average molecular weight is 261 g/mol. The predicted octanol–water partition coefficient (Wildman–Crippen LogP) is 1.92. The van der Waals surface area contributed by atoms with Crippen LogP contribution < -0.4 is 0 Å². The van der Waals surface area contributed by atoms with Gasteiger partial charge in [-0.05, 0) is 19.3 Å². The lowest BCUT2D eigenvalue weighted by atomic mass is 10.0. The molecule has 98 valence electrons. The summed E-state index contributed by atoms with van der Waals surface area (Å²) in [6, 6.07) is 1.79. The fourth-order valence-corrected chi connectivity index (χ4v) is 2.31. The molecule has 1 atom stereocenters. The second kappa shape index (κ2) is 5.64. The molecule has 0 fully saturated rings. The Morgan fingerprint density at radius 1 is 1.47 bits per heavy atom. The minimum Gasteiger partial charge on any atom is -0.361 e. The van der Waals surface area contributed by atoms with Crippen molar-refractivity contribution in [3.05, 3.63) is 17.5 Å². The number of hydrogen-bond donors (Lipinski definition) is 0. The van der Waals surface area contributed by atoms with Crippen LogP contribution in [0.1, 0.15) is 31.7 Å². The van der Waals surface area contributed by atoms with Crippen LogP contribution in [0.5, 0.6) is 0 Å². The Hall–Kier alpha value is -0.880. The van der Waals surface area contributed by atoms with Crippen molar-refractivity contribution in [1.29, 1.82) is 0 Å². The monoisotopic (exact) mass is 261 g/mol. The molecule has 0 radical (unpaired) electrons. The minimum absolute atomic E-state index is 0.353. The number of aromatic nitrogens is 1. The summed E-state index contributed by atoms with van der Waals surface area (Å²) < 4.78 is 32.4. The largest absolute Gasteiger partial charge is 0.361 e. The molecule has 0 saturated carbocycles. The van der Waals surface area contributed by atoms with Crippen LogP contribution in [0.4, 0.5) is 0 Å². The van der Waals surface area contributed by atoms with Crippen LogP contribution in [0.3, 0.4) is 0 Å². The summed E-state index contributed by atoms with van der Waals surface area (Å²) in [6.45, 7) is 5.86. The summed E-state index contributed by atoms with van der Waals surface area (Å²) in [5, 5.41) is 3.77. The summed E-state index contributed by atoms with van der Waals surface area (Å²) in [4.78, 5) is 0. The van der Waals surface area contributed by atoms with Gasteiger partial charge in [0.05, 0.1) is 18.1 Å². The van der Waals surface area contributed by atoms with Gasteiger partial charge in [-0.15, -0.1) is 0 Å². The maximum Gasteiger partial charge on any atom is 0.264 e. The molecule has 6 heteroatoms. The second-order valence-electron chi connectivity index (χ2n) is 4.69. The van der Waals surface area contributed by atoms with Gasteiger partial charge >= 0.3 is 0 Å². The first-order chi connectivity index (χ1) is 7.76. The summed E-state index contributed by atoms with van der Waals surface area (Å²) in [7, 11) is -3.44. The Balaban J connectivity index is 2.69. The van der Waals surface area contributed by atoms with Gasteiger partial charge in [-0.25, -0.2) is 0 Å². The van der Waals surface area contributed by atoms with E-state index < -0.39 is 16.2 Å². The molecule has 1 aromatic rings. The summed E-state index contributed by atoms with van der Waals surface area (Å²) in [5.41, 5.74) is 0.780. The highest BCUT2D eigenvalue weighted by Gasteiger charge is 2.19. The SMILES string of the molecule is Cc1cc(CC(CC(C)C)OS(C)(=O)=O)on1. The van der Waals surface area contributed by atoms with Crippen LogP contribution in [-0.4, -0.2) is 25.9 Å². The number of nitrogens with zero attached hydrogens (tertiary/aromatic N) is 1. The van der Waals surface area contributed by atoms with Crippen LogP contribution in [0.2, 0.25) is 0 Å². The molecule has 1 rings (SSSR count). The van der Waals surface area contributed by atoms with Crippen molar-refractivity contribution in [2.24, 2.45) is 5.92 Å². The zero-order chi connectivity index (χ0) is 13.1. The first kappa shape index (κ1) is 14.2. The quantitative estimate of drug-likeness (QED) is 0.732. The topological polar surface area (TPSA) is 69.4 Å². The summed E-state index contributed by atoms with van der Waals surface area (Å²) in [6.07, 6.45) is 1.75. The van der Waals surface area contributed by atoms with Crippen molar-refractivity contribution in [3.63, 3.8) is 0 Å². The van der Waals surface area contributed by atoms with Gasteiger partial charge in [-0.2, -0.15) is 8.42 Å². The molecule has 0 N–H and O–H groups in total. The first-order valence-corrected chi connectivity index (χ1v) is 7.38. The lowest BCUT2D eigenvalue weighted by Gasteiger charge is -2.16. The van der Waals surface area contributed by atoms with Crippen molar-refractivity contribution in [2.75, 3.05) is 6.26 Å². The molecule has 17 heavy (non-hydrogen) atoms. The van der Waals surface area contributed by atoms with E-state index in [1.807, 2.05) is 20.8 Å². The molecule has 0 amide bonds. The van der Waals surface area contributed by atoms with E-state index >= 15 is 0 Å². The van der Waals surface area contributed by atoms with Crippen molar-refractivity contribution in [3.8, 4) is 0 Å². The third-order valence-corrected chi connectivity index (χ3v) is 2.77. The smallest absolute Gasteiger partial charge is 0.264 e. The highest BCUT2D eigenvalue weighted by Crippen LogP contribution is 2.16. The molecule has 0 bridgehead atoms. The highest BCUT2D eigenvalue weighted by atomic mass is 32.2. The van der Waals surface area contributed by atoms with Crippen LogP contribution in [-0.2, 0) is 20.7 Å². The second-order valence-corrected chi connectivity index (χ2v) is 6.29. The molecular weight excluding hydrogens is 242 g/mol. The van der Waals surface area contributed by atoms with Gasteiger partial charge in [-0.1, -0.05) is 19.0 Å². The Morgan fingerprint density at radius 2 is 2.12 bits per heavy atom. The predicted molar refractivity (Wildman–Crippen MR) is 64.1 cm³/mol. The number of rotatable bonds is 6. The molecular formula is C11H19NO4S. The maximum atomic E-state index is 11.2. The summed E-state index contributed by atoms with van der Waals surface area (Å²) in [5.74, 6) is 1.00. The van der Waals surface area contributed by atoms with Gasteiger partial charge < -0.3 is 4.52 Å². The third kappa shape index (κ3) is 5.83. The van der Waals surface area contributed by atoms with Crippen LogP contribution in [0.25, 0.3) is 0 Å². The molecule has 1 heterocycles. The van der Waals surface area contributed by atoms with Gasteiger partial charge in [0, 0.05) is 12.5 Å². The van der Waals surface area contributed by atoms with Crippen molar-refractivity contribution in [1.82, 2.24) is 5.16 Å². The van der Waals surface area contributed by atoms with E-state index in [9.17, 15) is 8.42 Å². The highest BCUT2D eigenvalue weighted by molar-refractivity contribution is 7.86. The Bertz CT molecular complexity index is 450. The zero-order valence-electron chi connectivity index (χ0n) is 10.6. The fourth-order valence-electron chi connectivity index (χ4n) is 1.67. The molecule has 1 unspecified atom stereocenters.